The Kier molecular flexibility index (Phi) is 3.90. The highest BCUT2D eigenvalue weighted by Gasteiger charge is 2.38. The predicted octanol–water partition coefficient (Wildman–Crippen LogP) is 2.85. The number of hydrogen-bond acceptors (Lipinski definition) is 4. The molecule has 2 rings (SSSR count). The summed E-state index contributed by atoms with van der Waals surface area (Å²) in [5.74, 6) is -1.04. The topological polar surface area (TPSA) is 75.1 Å². The lowest BCUT2D eigenvalue weighted by molar-refractivity contribution is -0.142. The van der Waals surface area contributed by atoms with Crippen molar-refractivity contribution in [1.82, 2.24) is 9.97 Å². The highest BCUT2D eigenvalue weighted by Crippen LogP contribution is 2.27. The number of carboxylic acid groups (broad SMARTS) is 1. The van der Waals surface area contributed by atoms with Gasteiger partial charge in [-0.3, -0.25) is 9.97 Å². The zero-order valence-corrected chi connectivity index (χ0v) is 11.8. The van der Waals surface area contributed by atoms with Crippen LogP contribution in [0.15, 0.2) is 36.7 Å². The molecule has 0 saturated heterocycles. The number of aromatic nitrogens is 2. The van der Waals surface area contributed by atoms with Crippen LogP contribution in [0.5, 0.6) is 0 Å². The van der Waals surface area contributed by atoms with Crippen LogP contribution in [-0.4, -0.2) is 21.0 Å². The first-order chi connectivity index (χ1) is 9.43. The molecule has 0 spiro atoms. The molecule has 20 heavy (non-hydrogen) atoms. The SMILES string of the molecule is Cc1nccnc1C(C)(Nc1cccc(Cl)c1)C(=O)O. The number of halogens is 1. The van der Waals surface area contributed by atoms with Gasteiger partial charge < -0.3 is 10.4 Å². The summed E-state index contributed by atoms with van der Waals surface area (Å²) in [7, 11) is 0. The molecular formula is C14H14ClN3O2. The summed E-state index contributed by atoms with van der Waals surface area (Å²) in [4.78, 5) is 19.9. The van der Waals surface area contributed by atoms with Crippen molar-refractivity contribution < 1.29 is 9.90 Å². The summed E-state index contributed by atoms with van der Waals surface area (Å²) >= 11 is 5.92. The molecule has 6 heteroatoms. The maximum Gasteiger partial charge on any atom is 0.335 e. The summed E-state index contributed by atoms with van der Waals surface area (Å²) in [6, 6.07) is 6.88. The van der Waals surface area contributed by atoms with Crippen molar-refractivity contribution in [2.75, 3.05) is 5.32 Å². The Hall–Kier alpha value is -2.14. The first-order valence-electron chi connectivity index (χ1n) is 5.99. The Morgan fingerprint density at radius 1 is 1.35 bits per heavy atom. The molecule has 0 aliphatic carbocycles. The number of anilines is 1. The molecule has 1 heterocycles. The number of nitrogens with one attached hydrogen (secondary N) is 1. The van der Waals surface area contributed by atoms with E-state index in [1.54, 1.807) is 38.1 Å². The van der Waals surface area contributed by atoms with Crippen LogP contribution < -0.4 is 5.32 Å². The molecule has 0 radical (unpaired) electrons. The summed E-state index contributed by atoms with van der Waals surface area (Å²) < 4.78 is 0. The smallest absolute Gasteiger partial charge is 0.335 e. The van der Waals surface area contributed by atoms with E-state index in [-0.39, 0.29) is 0 Å². The lowest BCUT2D eigenvalue weighted by Gasteiger charge is -2.27. The lowest BCUT2D eigenvalue weighted by Crippen LogP contribution is -2.42. The van der Waals surface area contributed by atoms with Crippen molar-refractivity contribution in [3.63, 3.8) is 0 Å². The standard InChI is InChI=1S/C14H14ClN3O2/c1-9-12(17-7-6-16-9)14(2,13(19)20)18-11-5-3-4-10(15)8-11/h3-8,18H,1-2H3,(H,19,20). The Labute approximate surface area is 121 Å². The van der Waals surface area contributed by atoms with Gasteiger partial charge in [0.05, 0.1) is 11.4 Å². The monoisotopic (exact) mass is 291 g/mol. The van der Waals surface area contributed by atoms with E-state index in [0.29, 0.717) is 22.1 Å². The largest absolute Gasteiger partial charge is 0.479 e. The van der Waals surface area contributed by atoms with Crippen LogP contribution >= 0.6 is 11.6 Å². The van der Waals surface area contributed by atoms with Crippen LogP contribution in [0.25, 0.3) is 0 Å². The molecule has 0 aliphatic rings. The summed E-state index contributed by atoms with van der Waals surface area (Å²) in [6.45, 7) is 3.27. The number of aliphatic carboxylic acids is 1. The number of hydrogen-bond donors (Lipinski definition) is 2. The Morgan fingerprint density at radius 2 is 2.05 bits per heavy atom. The molecule has 1 unspecified atom stereocenters. The maximum absolute atomic E-state index is 11.7. The van der Waals surface area contributed by atoms with E-state index in [0.717, 1.165) is 0 Å². The Morgan fingerprint density at radius 3 is 2.65 bits per heavy atom. The second-order valence-electron chi connectivity index (χ2n) is 4.56. The number of aryl methyl sites for hydroxylation is 1. The van der Waals surface area contributed by atoms with Gasteiger partial charge in [0.1, 0.15) is 0 Å². The van der Waals surface area contributed by atoms with Crippen LogP contribution in [-0.2, 0) is 10.3 Å². The van der Waals surface area contributed by atoms with E-state index < -0.39 is 11.5 Å². The van der Waals surface area contributed by atoms with Crippen LogP contribution in [0, 0.1) is 6.92 Å². The molecule has 2 N–H and O–H groups in total. The average molecular weight is 292 g/mol. The molecule has 5 nitrogen and oxygen atoms in total. The molecule has 0 fully saturated rings. The van der Waals surface area contributed by atoms with E-state index in [1.165, 1.54) is 12.4 Å². The first kappa shape index (κ1) is 14.3. The fraction of sp³-hybridized carbons (Fsp3) is 0.214. The number of nitrogens with zero attached hydrogens (tertiary/aromatic N) is 2. The van der Waals surface area contributed by atoms with Crippen LogP contribution in [0.2, 0.25) is 5.02 Å². The number of benzene rings is 1. The lowest BCUT2D eigenvalue weighted by atomic mass is 9.95. The first-order valence-corrected chi connectivity index (χ1v) is 6.36. The van der Waals surface area contributed by atoms with Gasteiger partial charge in [-0.15, -0.1) is 0 Å². The third kappa shape index (κ3) is 2.72. The molecule has 104 valence electrons. The Balaban J connectivity index is 2.46. The number of rotatable bonds is 4. The third-order valence-electron chi connectivity index (χ3n) is 3.00. The number of carbonyl (C=O) groups is 1. The van der Waals surface area contributed by atoms with Crippen molar-refractivity contribution in [3.8, 4) is 0 Å². The molecule has 1 aromatic heterocycles. The van der Waals surface area contributed by atoms with E-state index >= 15 is 0 Å². The molecule has 0 bridgehead atoms. The van der Waals surface area contributed by atoms with Crippen LogP contribution in [0.3, 0.4) is 0 Å². The van der Waals surface area contributed by atoms with Gasteiger partial charge in [-0.05, 0) is 32.0 Å². The minimum atomic E-state index is -1.39. The van der Waals surface area contributed by atoms with Gasteiger partial charge in [0, 0.05) is 23.1 Å². The second-order valence-corrected chi connectivity index (χ2v) is 4.99. The van der Waals surface area contributed by atoms with Crippen molar-refractivity contribution >= 4 is 23.3 Å². The van der Waals surface area contributed by atoms with E-state index in [2.05, 4.69) is 15.3 Å². The fourth-order valence-electron chi connectivity index (χ4n) is 1.97. The van der Waals surface area contributed by atoms with E-state index in [1.807, 2.05) is 0 Å². The molecule has 0 amide bonds. The van der Waals surface area contributed by atoms with Crippen molar-refractivity contribution in [2.24, 2.45) is 0 Å². The molecule has 0 aliphatic heterocycles. The second kappa shape index (κ2) is 5.46. The third-order valence-corrected chi connectivity index (χ3v) is 3.24. The Bertz CT molecular complexity index is 648. The molecule has 0 saturated carbocycles. The minimum Gasteiger partial charge on any atom is -0.479 e. The minimum absolute atomic E-state index is 0.368. The zero-order valence-electron chi connectivity index (χ0n) is 11.1. The highest BCUT2D eigenvalue weighted by molar-refractivity contribution is 6.30. The van der Waals surface area contributed by atoms with Gasteiger partial charge in [0.2, 0.25) is 0 Å². The maximum atomic E-state index is 11.7. The number of carboxylic acids is 1. The average Bonchev–Trinajstić information content (AvgIpc) is 2.38. The molecule has 2 aromatic rings. The van der Waals surface area contributed by atoms with Gasteiger partial charge in [-0.2, -0.15) is 0 Å². The van der Waals surface area contributed by atoms with Gasteiger partial charge in [0.25, 0.3) is 0 Å². The molecular weight excluding hydrogens is 278 g/mol. The summed E-state index contributed by atoms with van der Waals surface area (Å²) in [6.07, 6.45) is 3.00. The van der Waals surface area contributed by atoms with Crippen molar-refractivity contribution in [1.29, 1.82) is 0 Å². The summed E-state index contributed by atoms with van der Waals surface area (Å²) in [5, 5.41) is 13.1. The van der Waals surface area contributed by atoms with Gasteiger partial charge in [0.15, 0.2) is 5.54 Å². The van der Waals surface area contributed by atoms with Crippen molar-refractivity contribution in [3.05, 3.63) is 53.1 Å². The quantitative estimate of drug-likeness (QED) is 0.906. The van der Waals surface area contributed by atoms with E-state index in [9.17, 15) is 9.90 Å². The van der Waals surface area contributed by atoms with Gasteiger partial charge >= 0.3 is 5.97 Å². The van der Waals surface area contributed by atoms with Crippen LogP contribution in [0.1, 0.15) is 18.3 Å². The fourth-order valence-corrected chi connectivity index (χ4v) is 2.16. The van der Waals surface area contributed by atoms with Crippen molar-refractivity contribution in [2.45, 2.75) is 19.4 Å². The molecule has 1 atom stereocenters. The summed E-state index contributed by atoms with van der Waals surface area (Å²) in [5.41, 5.74) is 0.148. The normalized spacial score (nSPS) is 13.6. The van der Waals surface area contributed by atoms with E-state index in [4.69, 9.17) is 11.6 Å². The van der Waals surface area contributed by atoms with Crippen LogP contribution in [0.4, 0.5) is 5.69 Å². The van der Waals surface area contributed by atoms with Gasteiger partial charge in [-0.25, -0.2) is 4.79 Å². The zero-order chi connectivity index (χ0) is 14.8. The molecule has 1 aromatic carbocycles. The van der Waals surface area contributed by atoms with Gasteiger partial charge in [-0.1, -0.05) is 17.7 Å². The highest BCUT2D eigenvalue weighted by atomic mass is 35.5. The predicted molar refractivity (Wildman–Crippen MR) is 76.8 cm³/mol.